The largest absolute Gasteiger partial charge is 0.507 e. The number of aryl methyl sites for hydroxylation is 3. The first-order valence-electron chi connectivity index (χ1n) is 51.3. The van der Waals surface area contributed by atoms with Gasteiger partial charge in [-0.2, -0.15) is 0 Å². The van der Waals surface area contributed by atoms with Crippen LogP contribution in [0.3, 0.4) is 0 Å². The van der Waals surface area contributed by atoms with Crippen molar-refractivity contribution in [2.75, 3.05) is 39.6 Å². The van der Waals surface area contributed by atoms with Crippen molar-refractivity contribution in [1.82, 2.24) is 0 Å². The van der Waals surface area contributed by atoms with Crippen molar-refractivity contribution in [3.05, 3.63) is 264 Å². The lowest BCUT2D eigenvalue weighted by Gasteiger charge is -2.36. The highest BCUT2D eigenvalue weighted by Crippen LogP contribution is 2.53. The van der Waals surface area contributed by atoms with Gasteiger partial charge in [0, 0.05) is 45.3 Å². The molecule has 10 aromatic carbocycles. The zero-order valence-corrected chi connectivity index (χ0v) is 83.1. The molecule has 0 atom stereocenters. The van der Waals surface area contributed by atoms with Gasteiger partial charge in [-0.25, -0.2) is 0 Å². The van der Waals surface area contributed by atoms with Gasteiger partial charge in [-0.05, 0) is 229 Å². The number of hydrogen-bond donors (Lipinski definition) is 9. The van der Waals surface area contributed by atoms with Crippen LogP contribution in [0.4, 0.5) is 0 Å². The van der Waals surface area contributed by atoms with E-state index in [1.54, 1.807) is 36.4 Å². The average Bonchev–Trinajstić information content (AvgIpc) is 0.731. The fourth-order valence-corrected chi connectivity index (χ4v) is 18.9. The molecule has 0 saturated heterocycles. The van der Waals surface area contributed by atoms with E-state index in [-0.39, 0.29) is 51.7 Å². The first-order chi connectivity index (χ1) is 64.9. The fraction of sp³-hybridized carbons (Fsp3) is 0.496. The summed E-state index contributed by atoms with van der Waals surface area (Å²) < 4.78 is 39.0. The lowest BCUT2D eigenvalue weighted by Crippen LogP contribution is -2.27. The zero-order chi connectivity index (χ0) is 95.9. The number of ether oxygens (including phenoxy) is 6. The number of benzene rings is 10. The second-order valence-corrected chi connectivity index (χ2v) is 38.4. The Balaban J connectivity index is 1.18. The second-order valence-electron chi connectivity index (χ2n) is 38.4. The molecule has 10 rings (SSSR count). The monoisotopic (exact) mass is 1830 g/mol. The van der Waals surface area contributed by atoms with Crippen molar-refractivity contribution in [3.63, 3.8) is 0 Å². The standard InChI is InChI=1S/C119H160O15/c1-13-19-25-31-37-43-65-129-106-74-86(49-59-100(106)120)112(87-50-60-101(121)107(75-87)130-66-44-38-32-26-20-14-2)97-80-94(71-83(7)115(97)126)118(10,11)92-55-57-93(58-56-92)119(12,95-72-84(8)116(127)98(81-95)113(88-51-61-102(122)108(76-88)131-67-45-39-33-27-21-15-3)89-52-62-103(123)109(77-89)132-68-46-40-34-28-22-16-4)96-73-85(9)117(128)99(82-96)114(90-53-63-104(124)110(78-90)133-69-47-41-35-29-23-17-5)91-54-64-105(125)111(79-91)134-70-48-42-36-30-24-18-6/h49-64,71-82,112-114,120-128H,13-48,65-70H2,1-12H3. The van der Waals surface area contributed by atoms with Gasteiger partial charge in [0.2, 0.25) is 0 Å². The van der Waals surface area contributed by atoms with Crippen LogP contribution in [0.2, 0.25) is 0 Å². The molecular formula is C119H160O15. The van der Waals surface area contributed by atoms with Crippen molar-refractivity contribution in [2.45, 2.75) is 343 Å². The van der Waals surface area contributed by atoms with Gasteiger partial charge in [-0.15, -0.1) is 0 Å². The Morgan fingerprint density at radius 2 is 0.396 bits per heavy atom. The third-order valence-electron chi connectivity index (χ3n) is 27.4. The second kappa shape index (κ2) is 54.1. The Morgan fingerprint density at radius 1 is 0.209 bits per heavy atom. The van der Waals surface area contributed by atoms with E-state index in [2.05, 4.69) is 111 Å². The maximum atomic E-state index is 13.3. The topological polar surface area (TPSA) is 237 Å². The van der Waals surface area contributed by atoms with Gasteiger partial charge >= 0.3 is 0 Å². The summed E-state index contributed by atoms with van der Waals surface area (Å²) in [5.41, 5.74) is 10.0. The van der Waals surface area contributed by atoms with E-state index in [1.807, 2.05) is 106 Å². The summed E-state index contributed by atoms with van der Waals surface area (Å²) in [7, 11) is 0. The summed E-state index contributed by atoms with van der Waals surface area (Å²) in [6, 6.07) is 53.4. The molecule has 0 aliphatic carbocycles. The van der Waals surface area contributed by atoms with E-state index in [4.69, 9.17) is 28.4 Å². The molecule has 0 heterocycles. The van der Waals surface area contributed by atoms with Crippen LogP contribution in [0.5, 0.6) is 86.2 Å². The first-order valence-corrected chi connectivity index (χ1v) is 51.3. The van der Waals surface area contributed by atoms with Crippen LogP contribution in [0.15, 0.2) is 170 Å². The van der Waals surface area contributed by atoms with Gasteiger partial charge in [0.05, 0.1) is 39.6 Å². The summed E-state index contributed by atoms with van der Waals surface area (Å²) >= 11 is 0. The van der Waals surface area contributed by atoms with Gasteiger partial charge in [-0.3, -0.25) is 0 Å². The lowest BCUT2D eigenvalue weighted by molar-refractivity contribution is 0.288. The quantitative estimate of drug-likeness (QED) is 0.0127. The van der Waals surface area contributed by atoms with Crippen LogP contribution in [0.25, 0.3) is 0 Å². The first kappa shape index (κ1) is 105. The number of hydrogen-bond acceptors (Lipinski definition) is 15. The Labute approximate surface area is 802 Å². The highest BCUT2D eigenvalue weighted by molar-refractivity contribution is 5.66. The third-order valence-corrected chi connectivity index (χ3v) is 27.4. The average molecular weight is 1830 g/mol. The molecule has 0 bridgehead atoms. The van der Waals surface area contributed by atoms with E-state index in [0.29, 0.717) is 130 Å². The number of phenolic OH excluding ortho intramolecular Hbond substituents is 9. The predicted molar refractivity (Wildman–Crippen MR) is 547 cm³/mol. The lowest BCUT2D eigenvalue weighted by atomic mass is 9.67. The zero-order valence-electron chi connectivity index (χ0n) is 83.1. The maximum Gasteiger partial charge on any atom is 0.161 e. The summed E-state index contributed by atoms with van der Waals surface area (Å²) in [5, 5.41) is 109. The molecule has 0 unspecified atom stereocenters. The van der Waals surface area contributed by atoms with Gasteiger partial charge in [0.15, 0.2) is 69.0 Å². The van der Waals surface area contributed by atoms with Crippen LogP contribution >= 0.6 is 0 Å². The van der Waals surface area contributed by atoms with Crippen molar-refractivity contribution < 1.29 is 74.4 Å². The van der Waals surface area contributed by atoms with Crippen LogP contribution in [-0.4, -0.2) is 85.6 Å². The van der Waals surface area contributed by atoms with Gasteiger partial charge in [0.1, 0.15) is 17.2 Å². The smallest absolute Gasteiger partial charge is 0.161 e. The van der Waals surface area contributed by atoms with E-state index in [1.165, 1.54) is 38.5 Å². The number of aromatic hydroxyl groups is 9. The van der Waals surface area contributed by atoms with Crippen LogP contribution in [0, 0.1) is 20.8 Å². The molecule has 15 nitrogen and oxygen atoms in total. The van der Waals surface area contributed by atoms with Crippen molar-refractivity contribution in [3.8, 4) is 86.2 Å². The normalized spacial score (nSPS) is 11.8. The molecule has 9 N–H and O–H groups in total. The Kier molecular flexibility index (Phi) is 42.5. The van der Waals surface area contributed by atoms with E-state index < -0.39 is 28.6 Å². The molecule has 0 radical (unpaired) electrons. The minimum absolute atomic E-state index is 0.0107. The van der Waals surface area contributed by atoms with Crippen LogP contribution in [0.1, 0.15) is 406 Å². The number of rotatable bonds is 62. The van der Waals surface area contributed by atoms with E-state index >= 15 is 0 Å². The van der Waals surface area contributed by atoms with Gasteiger partial charge in [-0.1, -0.05) is 333 Å². The molecule has 0 saturated carbocycles. The summed E-state index contributed by atoms with van der Waals surface area (Å²) in [6.45, 7) is 28.0. The van der Waals surface area contributed by atoms with Crippen molar-refractivity contribution in [1.29, 1.82) is 0 Å². The highest BCUT2D eigenvalue weighted by atomic mass is 16.5. The Bertz CT molecular complexity index is 4840. The molecule has 0 aliphatic rings. The molecular weight excluding hydrogens is 1670 g/mol. The predicted octanol–water partition coefficient (Wildman–Crippen LogP) is 31.6. The van der Waals surface area contributed by atoms with Crippen molar-refractivity contribution >= 4 is 0 Å². The van der Waals surface area contributed by atoms with Crippen LogP contribution in [-0.2, 0) is 10.8 Å². The summed E-state index contributed by atoms with van der Waals surface area (Å²) in [5.74, 6) is -0.182. The molecule has 15 heteroatoms. The maximum absolute atomic E-state index is 13.3. The molecule has 0 amide bonds. The van der Waals surface area contributed by atoms with E-state index in [0.717, 1.165) is 232 Å². The SMILES string of the molecule is CCCCCCCCOc1cc(C(c2ccc(O)c(OCCCCCCCC)c2)c2cc(C(C)(C)c3ccc(C(C)(c4cc(C)c(O)c(C(c5ccc(O)c(OCCCCCCCC)c5)c5ccc(O)c(OCCCCCCCC)c5)c4)c4cc(C)c(O)c(C(c5ccc(O)c(OCCCCCCCC)c5)c5ccc(O)c(OCCCCCCCC)c5)c4)cc3)cc(C)c2O)ccc1O. The molecule has 0 fully saturated rings. The van der Waals surface area contributed by atoms with Crippen LogP contribution < -0.4 is 28.4 Å². The molecule has 10 aromatic rings. The molecule has 0 aliphatic heterocycles. The Morgan fingerprint density at radius 3 is 0.612 bits per heavy atom. The fourth-order valence-electron chi connectivity index (χ4n) is 18.9. The minimum Gasteiger partial charge on any atom is -0.507 e. The number of phenols is 9. The van der Waals surface area contributed by atoms with E-state index in [9.17, 15) is 46.0 Å². The minimum atomic E-state index is -1.20. The summed E-state index contributed by atoms with van der Waals surface area (Å²) in [6.07, 6.45) is 38.2. The molecule has 134 heavy (non-hydrogen) atoms. The van der Waals surface area contributed by atoms with Crippen molar-refractivity contribution in [2.24, 2.45) is 0 Å². The third kappa shape index (κ3) is 29.1. The Hall–Kier alpha value is -10.8. The molecule has 726 valence electrons. The van der Waals surface area contributed by atoms with Gasteiger partial charge in [0.25, 0.3) is 0 Å². The van der Waals surface area contributed by atoms with Gasteiger partial charge < -0.3 is 74.4 Å². The number of unbranched alkanes of at least 4 members (excludes halogenated alkanes) is 30. The highest BCUT2D eigenvalue weighted by Gasteiger charge is 2.39. The summed E-state index contributed by atoms with van der Waals surface area (Å²) in [4.78, 5) is 0. The molecule has 0 aromatic heterocycles. The molecule has 0 spiro atoms.